The summed E-state index contributed by atoms with van der Waals surface area (Å²) in [4.78, 5) is 0. The van der Waals surface area contributed by atoms with Gasteiger partial charge in [0, 0.05) is 6.61 Å². The molecule has 2 nitrogen and oxygen atoms in total. The van der Waals surface area contributed by atoms with Crippen LogP contribution in [0, 0.1) is 16.7 Å². The van der Waals surface area contributed by atoms with E-state index in [9.17, 15) is 5.11 Å². The Morgan fingerprint density at radius 1 is 1.24 bits per heavy atom. The summed E-state index contributed by atoms with van der Waals surface area (Å²) in [6.45, 7) is 10.1. The van der Waals surface area contributed by atoms with Crippen LogP contribution in [0.2, 0.25) is 0 Å². The SMILES string of the molecule is CC1(C)C(C(O)CCCC2CCCO2)C1(C)C. The molecule has 2 unspecified atom stereocenters. The molecule has 0 amide bonds. The van der Waals surface area contributed by atoms with Crippen molar-refractivity contribution in [2.24, 2.45) is 16.7 Å². The molecule has 0 aromatic rings. The number of ether oxygens (including phenoxy) is 1. The molecule has 17 heavy (non-hydrogen) atoms. The van der Waals surface area contributed by atoms with Crippen molar-refractivity contribution in [3.63, 3.8) is 0 Å². The van der Waals surface area contributed by atoms with Crippen LogP contribution in [0.1, 0.15) is 59.8 Å². The quantitative estimate of drug-likeness (QED) is 0.798. The summed E-state index contributed by atoms with van der Waals surface area (Å²) in [6, 6.07) is 0. The average Bonchev–Trinajstić information content (AvgIpc) is 2.58. The third kappa shape index (κ3) is 2.39. The number of aliphatic hydroxyl groups excluding tert-OH is 1. The fourth-order valence-corrected chi connectivity index (χ4v) is 3.80. The zero-order valence-electron chi connectivity index (χ0n) is 11.8. The highest BCUT2D eigenvalue weighted by molar-refractivity contribution is 5.14. The van der Waals surface area contributed by atoms with Gasteiger partial charge in [0.25, 0.3) is 0 Å². The summed E-state index contributed by atoms with van der Waals surface area (Å²) < 4.78 is 5.61. The highest BCUT2D eigenvalue weighted by Crippen LogP contribution is 2.70. The molecule has 1 N–H and O–H groups in total. The van der Waals surface area contributed by atoms with E-state index >= 15 is 0 Å². The molecule has 2 heteroatoms. The minimum atomic E-state index is -0.124. The van der Waals surface area contributed by atoms with Gasteiger partial charge in [0.05, 0.1) is 12.2 Å². The second-order valence-corrected chi connectivity index (χ2v) is 7.05. The number of hydrogen-bond donors (Lipinski definition) is 1. The van der Waals surface area contributed by atoms with Gasteiger partial charge >= 0.3 is 0 Å². The predicted molar refractivity (Wildman–Crippen MR) is 69.9 cm³/mol. The summed E-state index contributed by atoms with van der Waals surface area (Å²) >= 11 is 0. The second kappa shape index (κ2) is 4.55. The number of rotatable bonds is 5. The molecule has 0 spiro atoms. The molecule has 1 heterocycles. The van der Waals surface area contributed by atoms with Crippen molar-refractivity contribution in [1.29, 1.82) is 0 Å². The van der Waals surface area contributed by atoms with Crippen molar-refractivity contribution in [3.05, 3.63) is 0 Å². The predicted octanol–water partition coefficient (Wildman–Crippen LogP) is 3.38. The van der Waals surface area contributed by atoms with E-state index in [1.54, 1.807) is 0 Å². The van der Waals surface area contributed by atoms with Crippen molar-refractivity contribution in [2.75, 3.05) is 6.61 Å². The van der Waals surface area contributed by atoms with Gasteiger partial charge in [-0.25, -0.2) is 0 Å². The molecular weight excluding hydrogens is 212 g/mol. The summed E-state index contributed by atoms with van der Waals surface area (Å²) in [5.74, 6) is 0.472. The fourth-order valence-electron chi connectivity index (χ4n) is 3.80. The lowest BCUT2D eigenvalue weighted by molar-refractivity contribution is 0.0858. The molecule has 1 aliphatic heterocycles. The van der Waals surface area contributed by atoms with E-state index in [-0.39, 0.29) is 6.10 Å². The fraction of sp³-hybridized carbons (Fsp3) is 1.00. The molecular formula is C15H28O2. The lowest BCUT2D eigenvalue weighted by Gasteiger charge is -2.14. The molecule has 1 saturated carbocycles. The molecule has 1 aliphatic carbocycles. The van der Waals surface area contributed by atoms with Crippen LogP contribution in [0.25, 0.3) is 0 Å². The van der Waals surface area contributed by atoms with Crippen LogP contribution < -0.4 is 0 Å². The van der Waals surface area contributed by atoms with Gasteiger partial charge < -0.3 is 9.84 Å². The smallest absolute Gasteiger partial charge is 0.0579 e. The van der Waals surface area contributed by atoms with Crippen LogP contribution in [-0.4, -0.2) is 23.9 Å². The molecule has 0 bridgehead atoms. The van der Waals surface area contributed by atoms with Gasteiger partial charge in [-0.2, -0.15) is 0 Å². The molecule has 1 saturated heterocycles. The standard InChI is InChI=1S/C15H28O2/c1-14(2)13(15(14,3)4)12(16)9-5-7-11-8-6-10-17-11/h11-13,16H,5-10H2,1-4H3. The van der Waals surface area contributed by atoms with E-state index in [1.165, 1.54) is 12.8 Å². The minimum Gasteiger partial charge on any atom is -0.393 e. The van der Waals surface area contributed by atoms with Gasteiger partial charge in [-0.05, 0) is 48.9 Å². The van der Waals surface area contributed by atoms with E-state index in [2.05, 4.69) is 27.7 Å². The second-order valence-electron chi connectivity index (χ2n) is 7.05. The molecule has 2 atom stereocenters. The number of aliphatic hydroxyl groups is 1. The molecule has 2 rings (SSSR count). The Hall–Kier alpha value is -0.0800. The Labute approximate surface area is 106 Å². The zero-order valence-corrected chi connectivity index (χ0v) is 11.8. The Morgan fingerprint density at radius 3 is 2.35 bits per heavy atom. The van der Waals surface area contributed by atoms with Gasteiger partial charge in [0.15, 0.2) is 0 Å². The first-order valence-corrected chi connectivity index (χ1v) is 7.17. The third-order valence-electron chi connectivity index (χ3n) is 5.57. The van der Waals surface area contributed by atoms with Crippen LogP contribution in [-0.2, 0) is 4.74 Å². The normalized spacial score (nSPS) is 32.6. The molecule has 2 fully saturated rings. The molecule has 0 radical (unpaired) electrons. The van der Waals surface area contributed by atoms with Crippen LogP contribution in [0.4, 0.5) is 0 Å². The van der Waals surface area contributed by atoms with Crippen molar-refractivity contribution < 1.29 is 9.84 Å². The third-order valence-corrected chi connectivity index (χ3v) is 5.57. The van der Waals surface area contributed by atoms with E-state index in [0.717, 1.165) is 25.9 Å². The minimum absolute atomic E-state index is 0.124. The van der Waals surface area contributed by atoms with Crippen molar-refractivity contribution in [3.8, 4) is 0 Å². The molecule has 0 aromatic carbocycles. The van der Waals surface area contributed by atoms with Gasteiger partial charge in [-0.1, -0.05) is 27.7 Å². The van der Waals surface area contributed by atoms with E-state index in [4.69, 9.17) is 4.74 Å². The van der Waals surface area contributed by atoms with Gasteiger partial charge in [0.2, 0.25) is 0 Å². The lowest BCUT2D eigenvalue weighted by Crippen LogP contribution is -2.15. The van der Waals surface area contributed by atoms with Crippen LogP contribution in [0.3, 0.4) is 0 Å². The summed E-state index contributed by atoms with van der Waals surface area (Å²) in [5, 5.41) is 10.3. The van der Waals surface area contributed by atoms with Gasteiger partial charge in [0.1, 0.15) is 0 Å². The van der Waals surface area contributed by atoms with E-state index < -0.39 is 0 Å². The first-order chi connectivity index (χ1) is 7.87. The summed E-state index contributed by atoms with van der Waals surface area (Å²) in [5.41, 5.74) is 0.604. The van der Waals surface area contributed by atoms with E-state index in [0.29, 0.717) is 22.9 Å². The Morgan fingerprint density at radius 2 is 1.88 bits per heavy atom. The average molecular weight is 240 g/mol. The summed E-state index contributed by atoms with van der Waals surface area (Å²) in [6.07, 6.45) is 5.96. The number of hydrogen-bond acceptors (Lipinski definition) is 2. The highest BCUT2D eigenvalue weighted by atomic mass is 16.5. The monoisotopic (exact) mass is 240 g/mol. The van der Waals surface area contributed by atoms with Crippen LogP contribution >= 0.6 is 0 Å². The van der Waals surface area contributed by atoms with Gasteiger partial charge in [-0.3, -0.25) is 0 Å². The van der Waals surface area contributed by atoms with Crippen LogP contribution in [0.15, 0.2) is 0 Å². The van der Waals surface area contributed by atoms with Crippen molar-refractivity contribution in [1.82, 2.24) is 0 Å². The van der Waals surface area contributed by atoms with Crippen LogP contribution in [0.5, 0.6) is 0 Å². The molecule has 0 aromatic heterocycles. The van der Waals surface area contributed by atoms with E-state index in [1.807, 2.05) is 0 Å². The van der Waals surface area contributed by atoms with Crippen molar-refractivity contribution in [2.45, 2.75) is 72.0 Å². The Bertz CT molecular complexity index is 250. The molecule has 100 valence electrons. The van der Waals surface area contributed by atoms with Crippen molar-refractivity contribution >= 4 is 0 Å². The highest BCUT2D eigenvalue weighted by Gasteiger charge is 2.66. The summed E-state index contributed by atoms with van der Waals surface area (Å²) in [7, 11) is 0. The maximum atomic E-state index is 10.3. The Kier molecular flexibility index (Phi) is 3.57. The largest absolute Gasteiger partial charge is 0.393 e. The zero-order chi connectivity index (χ0) is 12.7. The first-order valence-electron chi connectivity index (χ1n) is 7.17. The lowest BCUT2D eigenvalue weighted by atomic mass is 10.00. The molecule has 2 aliphatic rings. The maximum absolute atomic E-state index is 10.3. The Balaban J connectivity index is 1.70. The maximum Gasteiger partial charge on any atom is 0.0579 e. The first kappa shape index (κ1) is 13.4. The van der Waals surface area contributed by atoms with Gasteiger partial charge in [-0.15, -0.1) is 0 Å². The topological polar surface area (TPSA) is 29.5 Å².